The Morgan fingerprint density at radius 1 is 1.42 bits per heavy atom. The van der Waals surface area contributed by atoms with Gasteiger partial charge >= 0.3 is 11.9 Å². The maximum Gasteiger partial charge on any atom is 0.347 e. The van der Waals surface area contributed by atoms with E-state index < -0.39 is 36.4 Å². The van der Waals surface area contributed by atoms with Gasteiger partial charge < -0.3 is 19.7 Å². The number of cyclic esters (lactones) is 1. The molecule has 0 spiro atoms. The lowest BCUT2D eigenvalue weighted by atomic mass is 10.0. The molecule has 0 saturated carbocycles. The molecule has 0 aromatic rings. The van der Waals surface area contributed by atoms with E-state index >= 15 is 0 Å². The first-order chi connectivity index (χ1) is 11.5. The van der Waals surface area contributed by atoms with Gasteiger partial charge in [-0.1, -0.05) is 43.7 Å². The molecule has 0 amide bonds. The van der Waals surface area contributed by atoms with Gasteiger partial charge in [-0.05, 0) is 26.2 Å². The van der Waals surface area contributed by atoms with Crippen molar-refractivity contribution in [1.29, 1.82) is 0 Å². The molecular weight excluding hydrogens is 312 g/mol. The second-order valence-electron chi connectivity index (χ2n) is 5.56. The van der Waals surface area contributed by atoms with Crippen molar-refractivity contribution in [2.24, 2.45) is 0 Å². The lowest BCUT2D eigenvalue weighted by Gasteiger charge is -2.27. The molecule has 1 aliphatic rings. The third kappa shape index (κ3) is 6.68. The molecule has 4 atom stereocenters. The predicted molar refractivity (Wildman–Crippen MR) is 89.0 cm³/mol. The molecule has 0 fully saturated rings. The molecular formula is C18H26O6. The summed E-state index contributed by atoms with van der Waals surface area (Å²) in [4.78, 5) is 24.0. The zero-order chi connectivity index (χ0) is 17.9. The first-order valence-electron chi connectivity index (χ1n) is 8.22. The van der Waals surface area contributed by atoms with Gasteiger partial charge in [-0.15, -0.1) is 0 Å². The first kappa shape index (κ1) is 20.1. The largest absolute Gasteiger partial charge is 0.457 e. The lowest BCUT2D eigenvalue weighted by molar-refractivity contribution is -0.176. The number of allylic oxidation sites excluding steroid dienone is 4. The van der Waals surface area contributed by atoms with Crippen LogP contribution < -0.4 is 0 Å². The molecule has 24 heavy (non-hydrogen) atoms. The van der Waals surface area contributed by atoms with E-state index in [1.165, 1.54) is 18.2 Å². The number of aliphatic hydroxyl groups excluding tert-OH is 2. The molecule has 0 aromatic carbocycles. The topological polar surface area (TPSA) is 93.1 Å². The zero-order valence-electron chi connectivity index (χ0n) is 14.1. The summed E-state index contributed by atoms with van der Waals surface area (Å²) in [5.74, 6) is -1.34. The number of hydrogen-bond acceptors (Lipinski definition) is 6. The van der Waals surface area contributed by atoms with Gasteiger partial charge in [0.15, 0.2) is 6.10 Å². The van der Waals surface area contributed by atoms with Crippen molar-refractivity contribution in [3.8, 4) is 0 Å². The highest BCUT2D eigenvalue weighted by atomic mass is 16.6. The van der Waals surface area contributed by atoms with Crippen molar-refractivity contribution in [2.75, 3.05) is 0 Å². The standard InChI is InChI=1S/C18H26O6/c1-3-5-6-12-16(20)23-15-11-8-7-10-13(19)17(21)14(9-4-2)24-18(15)22/h3,5-7,10,12-15,17,19,21H,4,8-9,11H2,1-2H3/b5-3+,10-7+,12-6+/t13-,14+,15+,17-/m1/s1. The SMILES string of the molecule is C/C=C/C=C/C(=O)O[C@H]1CC/C=C/[C@@H](O)[C@@H](O)[C@H](CCC)OC1=O. The molecule has 6 heteroatoms. The maximum absolute atomic E-state index is 12.3. The molecule has 0 aliphatic carbocycles. The van der Waals surface area contributed by atoms with Crippen LogP contribution in [0.1, 0.15) is 39.5 Å². The van der Waals surface area contributed by atoms with Crippen LogP contribution in [0.25, 0.3) is 0 Å². The Balaban J connectivity index is 2.84. The van der Waals surface area contributed by atoms with Gasteiger partial charge in [0.05, 0.1) is 0 Å². The van der Waals surface area contributed by atoms with Crippen LogP contribution in [0.15, 0.2) is 36.5 Å². The molecule has 0 unspecified atom stereocenters. The van der Waals surface area contributed by atoms with Crippen LogP contribution in [0.3, 0.4) is 0 Å². The summed E-state index contributed by atoms with van der Waals surface area (Å²) in [5, 5.41) is 20.0. The highest BCUT2D eigenvalue weighted by Gasteiger charge is 2.32. The van der Waals surface area contributed by atoms with Crippen LogP contribution >= 0.6 is 0 Å². The van der Waals surface area contributed by atoms with Gasteiger partial charge in [-0.3, -0.25) is 0 Å². The van der Waals surface area contributed by atoms with Crippen LogP contribution in [-0.2, 0) is 19.1 Å². The van der Waals surface area contributed by atoms with Crippen LogP contribution in [0, 0.1) is 0 Å². The van der Waals surface area contributed by atoms with Crippen LogP contribution in [0.4, 0.5) is 0 Å². The van der Waals surface area contributed by atoms with E-state index in [1.807, 2.05) is 13.8 Å². The highest BCUT2D eigenvalue weighted by Crippen LogP contribution is 2.17. The van der Waals surface area contributed by atoms with Gasteiger partial charge in [0.2, 0.25) is 0 Å². The Bertz CT molecular complexity index is 494. The summed E-state index contributed by atoms with van der Waals surface area (Å²) >= 11 is 0. The van der Waals surface area contributed by atoms with Gasteiger partial charge in [0.25, 0.3) is 0 Å². The number of ether oxygens (including phenoxy) is 2. The first-order valence-corrected chi connectivity index (χ1v) is 8.22. The van der Waals surface area contributed by atoms with E-state index in [9.17, 15) is 19.8 Å². The predicted octanol–water partition coefficient (Wildman–Crippen LogP) is 1.81. The number of aliphatic hydroxyl groups is 2. The van der Waals surface area contributed by atoms with Crippen molar-refractivity contribution >= 4 is 11.9 Å². The fourth-order valence-corrected chi connectivity index (χ4v) is 2.28. The highest BCUT2D eigenvalue weighted by molar-refractivity contribution is 5.85. The van der Waals surface area contributed by atoms with Crippen LogP contribution in [-0.4, -0.2) is 46.6 Å². The van der Waals surface area contributed by atoms with Gasteiger partial charge in [-0.2, -0.15) is 0 Å². The van der Waals surface area contributed by atoms with Crippen molar-refractivity contribution in [2.45, 2.75) is 63.9 Å². The summed E-state index contributed by atoms with van der Waals surface area (Å²) in [6, 6.07) is 0. The summed E-state index contributed by atoms with van der Waals surface area (Å²) in [7, 11) is 0. The van der Waals surface area contributed by atoms with Gasteiger partial charge in [0, 0.05) is 6.08 Å². The second kappa shape index (κ2) is 10.8. The Morgan fingerprint density at radius 3 is 2.83 bits per heavy atom. The number of rotatable bonds is 5. The normalized spacial score (nSPS) is 30.2. The Morgan fingerprint density at radius 2 is 2.17 bits per heavy atom. The Kier molecular flexibility index (Phi) is 9.04. The minimum Gasteiger partial charge on any atom is -0.457 e. The Hall–Kier alpha value is -1.92. The maximum atomic E-state index is 12.3. The molecule has 1 aliphatic heterocycles. The minimum atomic E-state index is -1.21. The summed E-state index contributed by atoms with van der Waals surface area (Å²) in [6.07, 6.45) is 6.83. The molecule has 134 valence electrons. The molecule has 0 radical (unpaired) electrons. The van der Waals surface area contributed by atoms with Gasteiger partial charge in [0.1, 0.15) is 18.3 Å². The molecule has 0 bridgehead atoms. The molecule has 2 N–H and O–H groups in total. The Labute approximate surface area is 142 Å². The number of carbonyl (C=O) groups excluding carboxylic acids is 2. The van der Waals surface area contributed by atoms with E-state index in [2.05, 4.69) is 0 Å². The third-order valence-corrected chi connectivity index (χ3v) is 3.56. The van der Waals surface area contributed by atoms with Crippen LogP contribution in [0.5, 0.6) is 0 Å². The third-order valence-electron chi connectivity index (χ3n) is 3.56. The molecule has 1 heterocycles. The smallest absolute Gasteiger partial charge is 0.347 e. The second-order valence-corrected chi connectivity index (χ2v) is 5.56. The number of esters is 2. The fourth-order valence-electron chi connectivity index (χ4n) is 2.28. The number of hydrogen-bond donors (Lipinski definition) is 2. The lowest BCUT2D eigenvalue weighted by Crippen LogP contribution is -2.42. The quantitative estimate of drug-likeness (QED) is 0.344. The van der Waals surface area contributed by atoms with Crippen molar-refractivity contribution in [3.05, 3.63) is 36.5 Å². The number of carbonyl (C=O) groups is 2. The molecule has 1 rings (SSSR count). The van der Waals surface area contributed by atoms with E-state index in [1.54, 1.807) is 18.2 Å². The van der Waals surface area contributed by atoms with Crippen LogP contribution in [0.2, 0.25) is 0 Å². The minimum absolute atomic E-state index is 0.250. The van der Waals surface area contributed by atoms with E-state index in [0.717, 1.165) is 0 Å². The average Bonchev–Trinajstić information content (AvgIpc) is 2.55. The molecule has 6 nitrogen and oxygen atoms in total. The van der Waals surface area contributed by atoms with Crippen molar-refractivity contribution in [1.82, 2.24) is 0 Å². The van der Waals surface area contributed by atoms with E-state index in [-0.39, 0.29) is 6.42 Å². The molecule has 0 saturated heterocycles. The zero-order valence-corrected chi connectivity index (χ0v) is 14.1. The summed E-state index contributed by atoms with van der Waals surface area (Å²) in [6.45, 7) is 3.69. The molecule has 0 aromatic heterocycles. The van der Waals surface area contributed by atoms with E-state index in [0.29, 0.717) is 19.3 Å². The van der Waals surface area contributed by atoms with Crippen molar-refractivity contribution < 1.29 is 29.3 Å². The van der Waals surface area contributed by atoms with Gasteiger partial charge in [-0.25, -0.2) is 9.59 Å². The average molecular weight is 338 g/mol. The van der Waals surface area contributed by atoms with Crippen molar-refractivity contribution in [3.63, 3.8) is 0 Å². The fraction of sp³-hybridized carbons (Fsp3) is 0.556. The summed E-state index contributed by atoms with van der Waals surface area (Å²) < 4.78 is 10.4. The monoisotopic (exact) mass is 338 g/mol. The van der Waals surface area contributed by atoms with E-state index in [4.69, 9.17) is 9.47 Å². The summed E-state index contributed by atoms with van der Waals surface area (Å²) in [5.41, 5.74) is 0.